The Bertz CT molecular complexity index is 1110. The molecule has 0 saturated heterocycles. The molecule has 1 aromatic heterocycles. The number of hydrogen-bond acceptors (Lipinski definition) is 6. The van der Waals surface area contributed by atoms with Crippen molar-refractivity contribution >= 4 is 22.8 Å². The Kier molecular flexibility index (Phi) is 7.43. The summed E-state index contributed by atoms with van der Waals surface area (Å²) < 4.78 is 11.1. The quantitative estimate of drug-likeness (QED) is 0.397. The Morgan fingerprint density at radius 1 is 1.06 bits per heavy atom. The molecule has 0 spiro atoms. The van der Waals surface area contributed by atoms with Gasteiger partial charge in [-0.15, -0.1) is 0 Å². The Balaban J connectivity index is 1.63. The number of benzene rings is 2. The predicted molar refractivity (Wildman–Crippen MR) is 114 cm³/mol. The largest absolute Gasteiger partial charge is 0.550 e. The summed E-state index contributed by atoms with van der Waals surface area (Å²) in [6.07, 6.45) is 1.17. The third-order valence-corrected chi connectivity index (χ3v) is 4.84. The predicted octanol–water partition coefficient (Wildman–Crippen LogP) is 2.65. The highest BCUT2D eigenvalue weighted by atomic mass is 16.5. The normalized spacial score (nSPS) is 11.8. The maximum absolute atomic E-state index is 12.2. The van der Waals surface area contributed by atoms with Crippen LogP contribution >= 0.6 is 0 Å². The van der Waals surface area contributed by atoms with Crippen LogP contribution in [0.1, 0.15) is 32.6 Å². The molecule has 1 amide bonds. The minimum Gasteiger partial charge on any atom is -0.550 e. The average molecular weight is 422 g/mol. The van der Waals surface area contributed by atoms with Gasteiger partial charge in [-0.25, -0.2) is 4.79 Å². The molecule has 0 saturated carbocycles. The summed E-state index contributed by atoms with van der Waals surface area (Å²) in [7, 11) is 0. The summed E-state index contributed by atoms with van der Waals surface area (Å²) in [5.74, 6) is -0.926. The van der Waals surface area contributed by atoms with E-state index in [1.807, 2.05) is 30.3 Å². The van der Waals surface area contributed by atoms with Crippen LogP contribution in [0.5, 0.6) is 5.75 Å². The van der Waals surface area contributed by atoms with Crippen molar-refractivity contribution in [1.82, 2.24) is 5.32 Å². The van der Waals surface area contributed by atoms with E-state index in [0.717, 1.165) is 16.5 Å². The second-order valence-electron chi connectivity index (χ2n) is 7.24. The molecule has 7 nitrogen and oxygen atoms in total. The van der Waals surface area contributed by atoms with E-state index in [1.165, 1.54) is 6.07 Å². The van der Waals surface area contributed by atoms with Crippen molar-refractivity contribution in [2.75, 3.05) is 6.54 Å². The van der Waals surface area contributed by atoms with Gasteiger partial charge in [0.2, 0.25) is 0 Å². The number of fused-ring (bicyclic) bond motifs is 1. The molecule has 0 aliphatic carbocycles. The third-order valence-electron chi connectivity index (χ3n) is 4.84. The zero-order chi connectivity index (χ0) is 22.2. The SMILES string of the molecule is C[C@@H](Oc1ccc2c(-c3ccccc3)cc(=O)oc2c1)C(=O)NCCCCCC(=O)[O-]. The van der Waals surface area contributed by atoms with Gasteiger partial charge in [0.1, 0.15) is 11.3 Å². The van der Waals surface area contributed by atoms with Gasteiger partial charge in [0.25, 0.3) is 5.91 Å². The van der Waals surface area contributed by atoms with E-state index in [4.69, 9.17) is 9.15 Å². The monoisotopic (exact) mass is 422 g/mol. The van der Waals surface area contributed by atoms with E-state index in [0.29, 0.717) is 37.1 Å². The Morgan fingerprint density at radius 3 is 2.58 bits per heavy atom. The lowest BCUT2D eigenvalue weighted by Crippen LogP contribution is -2.36. The number of hydrogen-bond donors (Lipinski definition) is 1. The van der Waals surface area contributed by atoms with E-state index >= 15 is 0 Å². The maximum atomic E-state index is 12.2. The van der Waals surface area contributed by atoms with Crippen molar-refractivity contribution in [3.8, 4) is 16.9 Å². The first-order valence-electron chi connectivity index (χ1n) is 10.2. The van der Waals surface area contributed by atoms with E-state index in [-0.39, 0.29) is 12.3 Å². The van der Waals surface area contributed by atoms with Gasteiger partial charge in [0, 0.05) is 30.0 Å². The number of rotatable bonds is 10. The van der Waals surface area contributed by atoms with E-state index in [2.05, 4.69) is 5.32 Å². The first-order valence-corrected chi connectivity index (χ1v) is 10.2. The molecule has 3 aromatic rings. The smallest absolute Gasteiger partial charge is 0.336 e. The number of aliphatic carboxylic acids is 1. The summed E-state index contributed by atoms with van der Waals surface area (Å²) in [5, 5.41) is 13.9. The Morgan fingerprint density at radius 2 is 1.84 bits per heavy atom. The lowest BCUT2D eigenvalue weighted by Gasteiger charge is -2.15. The number of ether oxygens (including phenoxy) is 1. The van der Waals surface area contributed by atoms with Crippen LogP contribution in [0.25, 0.3) is 22.1 Å². The Labute approximate surface area is 179 Å². The summed E-state index contributed by atoms with van der Waals surface area (Å²) in [6.45, 7) is 2.07. The van der Waals surface area contributed by atoms with Crippen LogP contribution in [0.3, 0.4) is 0 Å². The van der Waals surface area contributed by atoms with Gasteiger partial charge in [0.05, 0.1) is 0 Å². The first-order chi connectivity index (χ1) is 14.9. The van der Waals surface area contributed by atoms with Crippen LogP contribution in [-0.4, -0.2) is 24.5 Å². The number of carboxylic acids is 1. The van der Waals surface area contributed by atoms with E-state index < -0.39 is 17.7 Å². The molecule has 0 aliphatic heterocycles. The molecule has 162 valence electrons. The van der Waals surface area contributed by atoms with Crippen LogP contribution in [0.4, 0.5) is 0 Å². The fraction of sp³-hybridized carbons (Fsp3) is 0.292. The number of nitrogens with one attached hydrogen (secondary N) is 1. The molecular weight excluding hydrogens is 398 g/mol. The lowest BCUT2D eigenvalue weighted by molar-refractivity contribution is -0.305. The van der Waals surface area contributed by atoms with Gasteiger partial charge in [-0.05, 0) is 49.4 Å². The maximum Gasteiger partial charge on any atom is 0.336 e. The van der Waals surface area contributed by atoms with Gasteiger partial charge in [-0.3, -0.25) is 4.79 Å². The number of carboxylic acid groups (broad SMARTS) is 1. The molecule has 3 rings (SSSR count). The molecule has 7 heteroatoms. The first kappa shape index (κ1) is 22.1. The van der Waals surface area contributed by atoms with Gasteiger partial charge >= 0.3 is 5.63 Å². The van der Waals surface area contributed by atoms with Crippen LogP contribution in [0, 0.1) is 0 Å². The molecule has 2 aromatic carbocycles. The Hall–Kier alpha value is -3.61. The van der Waals surface area contributed by atoms with Crippen LogP contribution < -0.4 is 20.8 Å². The van der Waals surface area contributed by atoms with Crippen molar-refractivity contribution in [2.45, 2.75) is 38.7 Å². The zero-order valence-electron chi connectivity index (χ0n) is 17.3. The van der Waals surface area contributed by atoms with Crippen molar-refractivity contribution in [3.63, 3.8) is 0 Å². The van der Waals surface area contributed by atoms with Crippen molar-refractivity contribution < 1.29 is 23.8 Å². The third kappa shape index (κ3) is 6.18. The summed E-state index contributed by atoms with van der Waals surface area (Å²) in [4.78, 5) is 34.6. The molecule has 0 bridgehead atoms. The zero-order valence-corrected chi connectivity index (χ0v) is 17.3. The minimum atomic E-state index is -1.06. The lowest BCUT2D eigenvalue weighted by atomic mass is 10.0. The summed E-state index contributed by atoms with van der Waals surface area (Å²) >= 11 is 0. The average Bonchev–Trinajstić information content (AvgIpc) is 2.75. The fourth-order valence-corrected chi connectivity index (χ4v) is 3.26. The minimum absolute atomic E-state index is 0.0253. The number of amides is 1. The van der Waals surface area contributed by atoms with Crippen LogP contribution in [-0.2, 0) is 9.59 Å². The number of carbonyl (C=O) groups is 2. The molecule has 0 radical (unpaired) electrons. The molecule has 0 aliphatic rings. The van der Waals surface area contributed by atoms with Gasteiger partial charge < -0.3 is 24.4 Å². The number of carbonyl (C=O) groups excluding carboxylic acids is 2. The van der Waals surface area contributed by atoms with Crippen LogP contribution in [0.15, 0.2) is 63.8 Å². The van der Waals surface area contributed by atoms with Crippen LogP contribution in [0.2, 0.25) is 0 Å². The molecule has 1 heterocycles. The van der Waals surface area contributed by atoms with E-state index in [9.17, 15) is 19.5 Å². The van der Waals surface area contributed by atoms with E-state index in [1.54, 1.807) is 25.1 Å². The van der Waals surface area contributed by atoms with Gasteiger partial charge in [-0.1, -0.05) is 36.8 Å². The molecule has 0 fully saturated rings. The van der Waals surface area contributed by atoms with Crippen molar-refractivity contribution in [2.24, 2.45) is 0 Å². The van der Waals surface area contributed by atoms with Gasteiger partial charge in [-0.2, -0.15) is 0 Å². The topological polar surface area (TPSA) is 109 Å². The number of unbranched alkanes of at least 4 members (excludes halogenated alkanes) is 2. The summed E-state index contributed by atoms with van der Waals surface area (Å²) in [6, 6.07) is 16.1. The molecule has 1 N–H and O–H groups in total. The van der Waals surface area contributed by atoms with Gasteiger partial charge in [0.15, 0.2) is 6.10 Å². The van der Waals surface area contributed by atoms with Crippen molar-refractivity contribution in [3.05, 3.63) is 65.0 Å². The summed E-state index contributed by atoms with van der Waals surface area (Å²) in [5.41, 5.74) is 1.58. The highest BCUT2D eigenvalue weighted by Crippen LogP contribution is 2.29. The standard InChI is InChI=1S/C24H25NO6/c1-16(24(29)25-13-7-3-6-10-22(26)27)30-18-11-12-19-20(17-8-4-2-5-9-17)15-23(28)31-21(19)14-18/h2,4-5,8-9,11-12,14-16H,3,6-7,10,13H2,1H3,(H,25,29)(H,26,27)/p-1/t16-/m1/s1. The molecule has 0 unspecified atom stereocenters. The fourth-order valence-electron chi connectivity index (χ4n) is 3.26. The molecular formula is C24H24NO6-. The second-order valence-corrected chi connectivity index (χ2v) is 7.24. The second kappa shape index (κ2) is 10.4. The molecule has 1 atom stereocenters. The molecule has 31 heavy (non-hydrogen) atoms. The van der Waals surface area contributed by atoms with Crippen molar-refractivity contribution in [1.29, 1.82) is 0 Å². The highest BCUT2D eigenvalue weighted by Gasteiger charge is 2.15. The highest BCUT2D eigenvalue weighted by molar-refractivity contribution is 5.93.